The molecule has 0 saturated heterocycles. The lowest BCUT2D eigenvalue weighted by Crippen LogP contribution is -2.27. The van der Waals surface area contributed by atoms with Crippen LogP contribution in [0.3, 0.4) is 0 Å². The third-order valence-electron chi connectivity index (χ3n) is 3.13. The summed E-state index contributed by atoms with van der Waals surface area (Å²) in [6, 6.07) is 1.24. The van der Waals surface area contributed by atoms with Crippen LogP contribution in [-0.4, -0.2) is 42.6 Å². The Kier molecular flexibility index (Phi) is 4.99. The van der Waals surface area contributed by atoms with E-state index in [1.165, 1.54) is 19.4 Å². The Balaban J connectivity index is 1.99. The van der Waals surface area contributed by atoms with E-state index in [9.17, 15) is 13.2 Å². The molecule has 2 aromatic rings. The first-order valence-electron chi connectivity index (χ1n) is 6.74. The molecule has 9 heteroatoms. The van der Waals surface area contributed by atoms with Crippen LogP contribution in [0.2, 0.25) is 0 Å². The minimum absolute atomic E-state index is 0.00533. The number of H-pyrrole nitrogens is 1. The van der Waals surface area contributed by atoms with E-state index in [0.29, 0.717) is 6.54 Å². The Labute approximate surface area is 128 Å². The first-order valence-corrected chi connectivity index (χ1v) is 8.22. The summed E-state index contributed by atoms with van der Waals surface area (Å²) >= 11 is 0. The van der Waals surface area contributed by atoms with Crippen LogP contribution in [0.15, 0.2) is 29.6 Å². The Morgan fingerprint density at radius 1 is 1.50 bits per heavy atom. The van der Waals surface area contributed by atoms with Crippen LogP contribution in [0.4, 0.5) is 0 Å². The van der Waals surface area contributed by atoms with Crippen molar-refractivity contribution in [2.24, 2.45) is 0 Å². The third-order valence-corrected chi connectivity index (χ3v) is 4.58. The Morgan fingerprint density at radius 2 is 2.27 bits per heavy atom. The van der Waals surface area contributed by atoms with Crippen molar-refractivity contribution in [1.82, 2.24) is 19.3 Å². The van der Waals surface area contributed by atoms with Gasteiger partial charge in [0.05, 0.1) is 7.11 Å². The van der Waals surface area contributed by atoms with E-state index in [1.54, 1.807) is 12.4 Å². The highest BCUT2D eigenvalue weighted by Gasteiger charge is 2.18. The molecular weight excluding hydrogens is 308 g/mol. The molecular formula is C13H18N4O4S. The highest BCUT2D eigenvalue weighted by atomic mass is 32.2. The smallest absolute Gasteiger partial charge is 0.354 e. The molecule has 0 aliphatic rings. The second kappa shape index (κ2) is 6.75. The number of aryl methyl sites for hydroxylation is 1. The average Bonchev–Trinajstić information content (AvgIpc) is 3.15. The summed E-state index contributed by atoms with van der Waals surface area (Å²) in [5, 5.41) is 0. The van der Waals surface area contributed by atoms with Crippen molar-refractivity contribution in [3.05, 3.63) is 36.2 Å². The number of hydrogen-bond donors (Lipinski definition) is 2. The fourth-order valence-electron chi connectivity index (χ4n) is 2.00. The van der Waals surface area contributed by atoms with Crippen LogP contribution in [-0.2, 0) is 27.7 Å². The van der Waals surface area contributed by atoms with Crippen molar-refractivity contribution in [3.8, 4) is 0 Å². The quantitative estimate of drug-likeness (QED) is 0.722. The SMILES string of the molecule is CCc1nccn1CCNS(=O)(=O)c1c[nH]c(C(=O)OC)c1. The number of carbonyl (C=O) groups is 1. The van der Waals surface area contributed by atoms with Gasteiger partial charge in [0.15, 0.2) is 0 Å². The lowest BCUT2D eigenvalue weighted by molar-refractivity contribution is 0.0595. The number of ether oxygens (including phenoxy) is 1. The van der Waals surface area contributed by atoms with Gasteiger partial charge in [0.2, 0.25) is 10.0 Å². The molecule has 120 valence electrons. The van der Waals surface area contributed by atoms with Crippen molar-refractivity contribution in [2.75, 3.05) is 13.7 Å². The number of rotatable bonds is 7. The number of aromatic nitrogens is 3. The van der Waals surface area contributed by atoms with Crippen LogP contribution in [0, 0.1) is 0 Å². The molecule has 0 saturated carbocycles. The van der Waals surface area contributed by atoms with Crippen LogP contribution in [0.25, 0.3) is 0 Å². The number of esters is 1. The highest BCUT2D eigenvalue weighted by molar-refractivity contribution is 7.89. The number of carbonyl (C=O) groups excluding carboxylic acids is 1. The van der Waals surface area contributed by atoms with Gasteiger partial charge in [-0.25, -0.2) is 22.9 Å². The van der Waals surface area contributed by atoms with Gasteiger partial charge in [0.25, 0.3) is 0 Å². The van der Waals surface area contributed by atoms with E-state index in [1.807, 2.05) is 11.5 Å². The van der Waals surface area contributed by atoms with Gasteiger partial charge in [0, 0.05) is 38.1 Å². The molecule has 0 aliphatic carbocycles. The Morgan fingerprint density at radius 3 is 2.95 bits per heavy atom. The Hall–Kier alpha value is -2.13. The molecule has 0 fully saturated rings. The van der Waals surface area contributed by atoms with Gasteiger partial charge in [-0.3, -0.25) is 0 Å². The van der Waals surface area contributed by atoms with Crippen LogP contribution in [0.1, 0.15) is 23.2 Å². The molecule has 2 N–H and O–H groups in total. The van der Waals surface area contributed by atoms with E-state index in [0.717, 1.165) is 12.2 Å². The number of nitrogens with one attached hydrogen (secondary N) is 2. The summed E-state index contributed by atoms with van der Waals surface area (Å²) in [6.45, 7) is 2.69. The molecule has 0 aliphatic heterocycles. The lowest BCUT2D eigenvalue weighted by Gasteiger charge is -2.08. The molecule has 2 aromatic heterocycles. The van der Waals surface area contributed by atoms with Gasteiger partial charge < -0.3 is 14.3 Å². The molecule has 22 heavy (non-hydrogen) atoms. The maximum absolute atomic E-state index is 12.1. The summed E-state index contributed by atoms with van der Waals surface area (Å²) in [7, 11) is -2.45. The zero-order valence-corrected chi connectivity index (χ0v) is 13.2. The minimum Gasteiger partial charge on any atom is -0.464 e. The molecule has 0 aromatic carbocycles. The fourth-order valence-corrected chi connectivity index (χ4v) is 3.01. The van der Waals surface area contributed by atoms with Crippen LogP contribution in [0.5, 0.6) is 0 Å². The summed E-state index contributed by atoms with van der Waals surface area (Å²) in [6.07, 6.45) is 5.52. The number of nitrogens with zero attached hydrogens (tertiary/aromatic N) is 2. The first-order chi connectivity index (χ1) is 10.5. The van der Waals surface area contributed by atoms with E-state index >= 15 is 0 Å². The summed E-state index contributed by atoms with van der Waals surface area (Å²) in [4.78, 5) is 18.1. The highest BCUT2D eigenvalue weighted by Crippen LogP contribution is 2.11. The fraction of sp³-hybridized carbons (Fsp3) is 0.385. The van der Waals surface area contributed by atoms with Crippen molar-refractivity contribution in [2.45, 2.75) is 24.8 Å². The number of imidazole rings is 1. The maximum atomic E-state index is 12.1. The van der Waals surface area contributed by atoms with Crippen LogP contribution >= 0.6 is 0 Å². The first kappa shape index (κ1) is 16.2. The standard InChI is InChI=1S/C13H18N4O4S/c1-3-12-14-4-6-17(12)7-5-16-22(19,20)10-8-11(15-9-10)13(18)21-2/h4,6,8-9,15-16H,3,5,7H2,1-2H3. The van der Waals surface area contributed by atoms with E-state index in [-0.39, 0.29) is 17.1 Å². The van der Waals surface area contributed by atoms with E-state index in [2.05, 4.69) is 19.4 Å². The van der Waals surface area contributed by atoms with Gasteiger partial charge >= 0.3 is 5.97 Å². The van der Waals surface area contributed by atoms with Crippen molar-refractivity contribution >= 4 is 16.0 Å². The number of methoxy groups -OCH3 is 1. The molecule has 0 atom stereocenters. The molecule has 2 heterocycles. The second-order valence-corrected chi connectivity index (χ2v) is 6.30. The molecule has 0 unspecified atom stereocenters. The monoisotopic (exact) mass is 326 g/mol. The zero-order chi connectivity index (χ0) is 16.2. The van der Waals surface area contributed by atoms with Gasteiger partial charge in [-0.15, -0.1) is 0 Å². The van der Waals surface area contributed by atoms with Gasteiger partial charge in [-0.2, -0.15) is 0 Å². The van der Waals surface area contributed by atoms with E-state index < -0.39 is 16.0 Å². The van der Waals surface area contributed by atoms with Crippen LogP contribution < -0.4 is 4.72 Å². The van der Waals surface area contributed by atoms with Gasteiger partial charge in [-0.05, 0) is 6.07 Å². The second-order valence-electron chi connectivity index (χ2n) is 4.53. The van der Waals surface area contributed by atoms with E-state index in [4.69, 9.17) is 0 Å². The van der Waals surface area contributed by atoms with Gasteiger partial charge in [0.1, 0.15) is 16.4 Å². The topological polar surface area (TPSA) is 106 Å². The molecule has 0 radical (unpaired) electrons. The molecule has 2 rings (SSSR count). The van der Waals surface area contributed by atoms with Crippen molar-refractivity contribution in [1.29, 1.82) is 0 Å². The van der Waals surface area contributed by atoms with Crippen molar-refractivity contribution in [3.63, 3.8) is 0 Å². The molecule has 8 nitrogen and oxygen atoms in total. The molecule has 0 bridgehead atoms. The van der Waals surface area contributed by atoms with Crippen molar-refractivity contribution < 1.29 is 17.9 Å². The number of sulfonamides is 1. The molecule has 0 spiro atoms. The summed E-state index contributed by atoms with van der Waals surface area (Å²) < 4.78 is 33.2. The number of hydrogen-bond acceptors (Lipinski definition) is 5. The summed E-state index contributed by atoms with van der Waals surface area (Å²) in [5.41, 5.74) is 0.0887. The predicted octanol–water partition coefficient (Wildman–Crippen LogP) is 0.539. The van der Waals surface area contributed by atoms with Gasteiger partial charge in [-0.1, -0.05) is 6.92 Å². The largest absolute Gasteiger partial charge is 0.464 e. The minimum atomic E-state index is -3.68. The summed E-state index contributed by atoms with van der Waals surface area (Å²) in [5.74, 6) is 0.279. The maximum Gasteiger partial charge on any atom is 0.354 e. The lowest BCUT2D eigenvalue weighted by atomic mass is 10.4. The molecule has 0 amide bonds. The normalized spacial score (nSPS) is 11.5. The zero-order valence-electron chi connectivity index (χ0n) is 12.4. The number of aromatic amines is 1. The average molecular weight is 326 g/mol. The third kappa shape index (κ3) is 3.55. The predicted molar refractivity (Wildman–Crippen MR) is 78.9 cm³/mol. The Bertz CT molecular complexity index is 748.